The van der Waals surface area contributed by atoms with E-state index in [4.69, 9.17) is 0 Å². The summed E-state index contributed by atoms with van der Waals surface area (Å²) in [5.74, 6) is 0.957. The zero-order chi connectivity index (χ0) is 17.0. The second kappa shape index (κ2) is 20.0. The number of hydrogen-bond donors (Lipinski definition) is 0. The van der Waals surface area contributed by atoms with E-state index < -0.39 is 0 Å². The van der Waals surface area contributed by atoms with Gasteiger partial charge in [0.25, 0.3) is 0 Å². The van der Waals surface area contributed by atoms with Crippen molar-refractivity contribution in [3.05, 3.63) is 13.8 Å². The first-order chi connectivity index (χ1) is 11.3. The SMILES string of the molecule is [CH2]CCCCCCCCCCC(C)CCCCCCCCC[CH2]. The molecule has 0 fully saturated rings. The van der Waals surface area contributed by atoms with E-state index in [2.05, 4.69) is 20.8 Å². The molecule has 0 N–H and O–H groups in total. The molecule has 0 aromatic heterocycles. The molecule has 0 aliphatic rings. The Morgan fingerprint density at radius 3 is 1.00 bits per heavy atom. The van der Waals surface area contributed by atoms with Gasteiger partial charge in [0.1, 0.15) is 0 Å². The molecule has 1 unspecified atom stereocenters. The van der Waals surface area contributed by atoms with Gasteiger partial charge >= 0.3 is 0 Å². The summed E-state index contributed by atoms with van der Waals surface area (Å²) in [6, 6.07) is 0. The average molecular weight is 323 g/mol. The Morgan fingerprint density at radius 1 is 0.435 bits per heavy atom. The molecule has 0 aliphatic heterocycles. The predicted molar refractivity (Wildman–Crippen MR) is 108 cm³/mol. The van der Waals surface area contributed by atoms with E-state index in [0.29, 0.717) is 0 Å². The second-order valence-corrected chi connectivity index (χ2v) is 7.69. The van der Waals surface area contributed by atoms with Crippen LogP contribution in [0.4, 0.5) is 0 Å². The van der Waals surface area contributed by atoms with Gasteiger partial charge in [-0.05, 0) is 5.92 Å². The lowest BCUT2D eigenvalue weighted by Crippen LogP contribution is -1.95. The minimum Gasteiger partial charge on any atom is -0.0625 e. The van der Waals surface area contributed by atoms with Crippen molar-refractivity contribution in [2.75, 3.05) is 0 Å². The van der Waals surface area contributed by atoms with Crippen molar-refractivity contribution in [3.8, 4) is 0 Å². The quantitative estimate of drug-likeness (QED) is 0.209. The zero-order valence-electron chi connectivity index (χ0n) is 16.4. The highest BCUT2D eigenvalue weighted by Crippen LogP contribution is 2.19. The Balaban J connectivity index is 3.11. The summed E-state index contributed by atoms with van der Waals surface area (Å²) in [6.07, 6.45) is 26.6. The Kier molecular flexibility index (Phi) is 20.0. The van der Waals surface area contributed by atoms with E-state index in [1.807, 2.05) is 0 Å². The van der Waals surface area contributed by atoms with Gasteiger partial charge in [0.15, 0.2) is 0 Å². The second-order valence-electron chi connectivity index (χ2n) is 7.69. The topological polar surface area (TPSA) is 0 Å². The van der Waals surface area contributed by atoms with Crippen LogP contribution in [0.15, 0.2) is 0 Å². The molecule has 0 heterocycles. The van der Waals surface area contributed by atoms with Crippen LogP contribution < -0.4 is 0 Å². The van der Waals surface area contributed by atoms with Crippen molar-refractivity contribution in [1.82, 2.24) is 0 Å². The first kappa shape index (κ1) is 23.0. The van der Waals surface area contributed by atoms with Gasteiger partial charge in [0, 0.05) is 0 Å². The minimum absolute atomic E-state index is 0.957. The highest BCUT2D eigenvalue weighted by Gasteiger charge is 2.02. The molecule has 0 aliphatic carbocycles. The van der Waals surface area contributed by atoms with Gasteiger partial charge in [-0.2, -0.15) is 0 Å². The van der Waals surface area contributed by atoms with Crippen LogP contribution in [-0.4, -0.2) is 0 Å². The molecule has 0 nitrogen and oxygen atoms in total. The first-order valence-corrected chi connectivity index (χ1v) is 10.9. The van der Waals surface area contributed by atoms with E-state index in [1.165, 1.54) is 109 Å². The fraction of sp³-hybridized carbons (Fsp3) is 0.913. The molecule has 0 heteroatoms. The average Bonchev–Trinajstić information content (AvgIpc) is 2.56. The fourth-order valence-electron chi connectivity index (χ4n) is 3.43. The van der Waals surface area contributed by atoms with Crippen LogP contribution in [0.3, 0.4) is 0 Å². The lowest BCUT2D eigenvalue weighted by atomic mass is 9.95. The van der Waals surface area contributed by atoms with Crippen LogP contribution in [0.2, 0.25) is 0 Å². The summed E-state index contributed by atoms with van der Waals surface area (Å²) in [6.45, 7) is 10.3. The maximum Gasteiger partial charge on any atom is -0.0443 e. The maximum atomic E-state index is 3.91. The van der Waals surface area contributed by atoms with E-state index in [-0.39, 0.29) is 0 Å². The molecule has 0 aromatic carbocycles. The molecule has 0 aromatic rings. The third kappa shape index (κ3) is 20.0. The van der Waals surface area contributed by atoms with Crippen LogP contribution in [0.25, 0.3) is 0 Å². The molecule has 0 bridgehead atoms. The van der Waals surface area contributed by atoms with Crippen molar-refractivity contribution < 1.29 is 0 Å². The first-order valence-electron chi connectivity index (χ1n) is 10.9. The van der Waals surface area contributed by atoms with Crippen LogP contribution in [0.1, 0.15) is 129 Å². The summed E-state index contributed by atoms with van der Waals surface area (Å²) in [7, 11) is 0. The summed E-state index contributed by atoms with van der Waals surface area (Å²) in [5, 5.41) is 0. The van der Waals surface area contributed by atoms with E-state index in [9.17, 15) is 0 Å². The van der Waals surface area contributed by atoms with Crippen molar-refractivity contribution in [1.29, 1.82) is 0 Å². The largest absolute Gasteiger partial charge is 0.0625 e. The lowest BCUT2D eigenvalue weighted by Gasteiger charge is -2.11. The van der Waals surface area contributed by atoms with Gasteiger partial charge in [-0.1, -0.05) is 143 Å². The third-order valence-electron chi connectivity index (χ3n) is 5.14. The molecule has 0 saturated carbocycles. The van der Waals surface area contributed by atoms with Crippen molar-refractivity contribution in [3.63, 3.8) is 0 Å². The molecule has 1 atom stereocenters. The van der Waals surface area contributed by atoms with Crippen molar-refractivity contribution in [2.24, 2.45) is 5.92 Å². The summed E-state index contributed by atoms with van der Waals surface area (Å²) >= 11 is 0. The van der Waals surface area contributed by atoms with Crippen LogP contribution >= 0.6 is 0 Å². The summed E-state index contributed by atoms with van der Waals surface area (Å²) in [5.41, 5.74) is 0. The normalized spacial score (nSPS) is 12.7. The highest BCUT2D eigenvalue weighted by atomic mass is 14.1. The Hall–Kier alpha value is 0. The molecule has 138 valence electrons. The van der Waals surface area contributed by atoms with Crippen LogP contribution in [0.5, 0.6) is 0 Å². The van der Waals surface area contributed by atoms with Crippen molar-refractivity contribution >= 4 is 0 Å². The van der Waals surface area contributed by atoms with Gasteiger partial charge in [-0.3, -0.25) is 0 Å². The maximum absolute atomic E-state index is 3.91. The molecule has 2 radical (unpaired) electrons. The molecular weight excluding hydrogens is 276 g/mol. The Bertz CT molecular complexity index is 196. The molecule has 0 amide bonds. The zero-order valence-corrected chi connectivity index (χ0v) is 16.4. The van der Waals surface area contributed by atoms with E-state index in [1.54, 1.807) is 0 Å². The minimum atomic E-state index is 0.957. The number of rotatable bonds is 19. The summed E-state index contributed by atoms with van der Waals surface area (Å²) in [4.78, 5) is 0. The number of hydrogen-bond acceptors (Lipinski definition) is 0. The van der Waals surface area contributed by atoms with E-state index in [0.717, 1.165) is 18.8 Å². The lowest BCUT2D eigenvalue weighted by molar-refractivity contribution is 0.430. The molecule has 23 heavy (non-hydrogen) atoms. The van der Waals surface area contributed by atoms with Crippen LogP contribution in [0, 0.1) is 19.8 Å². The third-order valence-corrected chi connectivity index (χ3v) is 5.14. The fourth-order valence-corrected chi connectivity index (χ4v) is 3.43. The van der Waals surface area contributed by atoms with Crippen molar-refractivity contribution in [2.45, 2.75) is 129 Å². The molecule has 0 rings (SSSR count). The monoisotopic (exact) mass is 322 g/mol. The summed E-state index contributed by atoms with van der Waals surface area (Å²) < 4.78 is 0. The Labute approximate surface area is 149 Å². The van der Waals surface area contributed by atoms with E-state index >= 15 is 0 Å². The highest BCUT2D eigenvalue weighted by molar-refractivity contribution is 4.56. The van der Waals surface area contributed by atoms with Gasteiger partial charge < -0.3 is 0 Å². The van der Waals surface area contributed by atoms with Gasteiger partial charge in [-0.15, -0.1) is 0 Å². The molecule has 0 spiro atoms. The molecule has 0 saturated heterocycles. The predicted octanol–water partition coefficient (Wildman–Crippen LogP) is 8.70. The Morgan fingerprint density at radius 2 is 0.696 bits per heavy atom. The number of unbranched alkanes of at least 4 members (excludes halogenated alkanes) is 15. The van der Waals surface area contributed by atoms with Gasteiger partial charge in [0.2, 0.25) is 0 Å². The standard InChI is InChI=1S/C23H46/c1-4-6-8-10-12-14-16-18-20-22-23(3)21-19-17-15-13-11-9-7-5-2/h23H,1-2,4-22H2,3H3. The van der Waals surface area contributed by atoms with Gasteiger partial charge in [0.05, 0.1) is 0 Å². The van der Waals surface area contributed by atoms with Crippen LogP contribution in [-0.2, 0) is 0 Å². The smallest absolute Gasteiger partial charge is 0.0443 e. The van der Waals surface area contributed by atoms with Gasteiger partial charge in [-0.25, -0.2) is 0 Å². The molecular formula is C23H46.